The van der Waals surface area contributed by atoms with Crippen LogP contribution in [0.2, 0.25) is 0 Å². The van der Waals surface area contributed by atoms with Crippen molar-refractivity contribution < 1.29 is 19.5 Å². The number of nitrogens with zero attached hydrogens (tertiary/aromatic N) is 3. The molecule has 1 aromatic rings. The molecule has 0 radical (unpaired) electrons. The molecule has 1 aliphatic carbocycles. The van der Waals surface area contributed by atoms with Crippen LogP contribution in [0.3, 0.4) is 0 Å². The van der Waals surface area contributed by atoms with Crippen LogP contribution in [0.5, 0.6) is 0 Å². The van der Waals surface area contributed by atoms with Crippen molar-refractivity contribution in [3.63, 3.8) is 0 Å². The Morgan fingerprint density at radius 2 is 1.81 bits per heavy atom. The van der Waals surface area contributed by atoms with Crippen molar-refractivity contribution in [1.29, 1.82) is 0 Å². The number of carbonyl (C=O) groups excluding carboxylic acids is 2. The molecule has 2 aliphatic rings. The van der Waals surface area contributed by atoms with Crippen LogP contribution in [0.4, 0.5) is 5.69 Å². The van der Waals surface area contributed by atoms with Crippen molar-refractivity contribution in [3.05, 3.63) is 15.8 Å². The molecule has 0 unspecified atom stereocenters. The molecule has 1 aromatic heterocycles. The number of carboxylic acids is 1. The molecule has 1 N–H and O–H groups in total. The molecule has 37 heavy (non-hydrogen) atoms. The zero-order valence-electron chi connectivity index (χ0n) is 23.3. The molecule has 0 spiro atoms. The second-order valence-corrected chi connectivity index (χ2v) is 13.0. The van der Waals surface area contributed by atoms with Crippen LogP contribution in [0, 0.1) is 29.1 Å². The van der Waals surface area contributed by atoms with E-state index < -0.39 is 12.0 Å². The lowest BCUT2D eigenvalue weighted by atomic mass is 9.82. The third kappa shape index (κ3) is 7.81. The standard InChI is InChI=1S/C29H43N3O4S/c1-20-10-12-21(13-11-20)26(33)32(23-9-7-8-16-31(27(23)34)18-17-30(5)6)24-19-22(14-15-29(2,3)4)37-25(24)28(35)36/h19-21,23H,7-13,16-18H2,1-6H3,(H,35,36)/t20-,21-,23-/m0/s1. The molecule has 1 saturated heterocycles. The number of hydrogen-bond donors (Lipinski definition) is 1. The summed E-state index contributed by atoms with van der Waals surface area (Å²) in [5.74, 6) is 5.37. The van der Waals surface area contributed by atoms with Crippen LogP contribution in [-0.4, -0.2) is 72.5 Å². The van der Waals surface area contributed by atoms with Gasteiger partial charge in [-0.3, -0.25) is 14.5 Å². The van der Waals surface area contributed by atoms with Crippen LogP contribution >= 0.6 is 11.3 Å². The van der Waals surface area contributed by atoms with Crippen molar-refractivity contribution in [3.8, 4) is 11.8 Å². The predicted molar refractivity (Wildman–Crippen MR) is 149 cm³/mol. The maximum absolute atomic E-state index is 14.2. The van der Waals surface area contributed by atoms with E-state index in [2.05, 4.69) is 18.8 Å². The molecule has 8 heteroatoms. The predicted octanol–water partition coefficient (Wildman–Crippen LogP) is 4.95. The lowest BCUT2D eigenvalue weighted by Crippen LogP contribution is -2.53. The lowest BCUT2D eigenvalue weighted by Gasteiger charge is -2.36. The van der Waals surface area contributed by atoms with Gasteiger partial charge in [0.1, 0.15) is 10.9 Å². The molecule has 2 heterocycles. The van der Waals surface area contributed by atoms with Gasteiger partial charge in [-0.2, -0.15) is 0 Å². The minimum Gasteiger partial charge on any atom is -0.477 e. The van der Waals surface area contributed by atoms with Crippen LogP contribution in [0.1, 0.15) is 87.2 Å². The highest BCUT2D eigenvalue weighted by molar-refractivity contribution is 7.15. The molecule has 7 nitrogen and oxygen atoms in total. The molecule has 2 fully saturated rings. The van der Waals surface area contributed by atoms with E-state index in [9.17, 15) is 19.5 Å². The molecular weight excluding hydrogens is 486 g/mol. The molecule has 1 aliphatic heterocycles. The summed E-state index contributed by atoms with van der Waals surface area (Å²) in [5.41, 5.74) is 0.0820. The van der Waals surface area contributed by atoms with Crippen molar-refractivity contribution in [2.75, 3.05) is 38.6 Å². The highest BCUT2D eigenvalue weighted by Crippen LogP contribution is 2.37. The first-order chi connectivity index (χ1) is 17.4. The van der Waals surface area contributed by atoms with Gasteiger partial charge in [-0.15, -0.1) is 11.3 Å². The first-order valence-electron chi connectivity index (χ1n) is 13.5. The molecule has 204 valence electrons. The van der Waals surface area contributed by atoms with Crippen molar-refractivity contribution in [2.24, 2.45) is 17.3 Å². The number of amides is 2. The van der Waals surface area contributed by atoms with E-state index in [-0.39, 0.29) is 28.0 Å². The highest BCUT2D eigenvalue weighted by Gasteiger charge is 2.40. The molecule has 0 bridgehead atoms. The minimum absolute atomic E-state index is 0.0765. The maximum Gasteiger partial charge on any atom is 0.348 e. The van der Waals surface area contributed by atoms with Crippen LogP contribution in [0.25, 0.3) is 0 Å². The van der Waals surface area contributed by atoms with Gasteiger partial charge >= 0.3 is 5.97 Å². The number of anilines is 1. The first kappa shape index (κ1) is 29.2. The summed E-state index contributed by atoms with van der Waals surface area (Å²) in [6.45, 7) is 10.2. The van der Waals surface area contributed by atoms with Gasteiger partial charge in [-0.05, 0) is 91.8 Å². The number of thiophene rings is 1. The zero-order chi connectivity index (χ0) is 27.3. The average Bonchev–Trinajstić information content (AvgIpc) is 3.16. The van der Waals surface area contributed by atoms with Gasteiger partial charge in [-0.1, -0.05) is 18.8 Å². The fraction of sp³-hybridized carbons (Fsp3) is 0.690. The second-order valence-electron chi connectivity index (χ2n) is 11.9. The number of rotatable bonds is 7. The Hall–Kier alpha value is -2.37. The largest absolute Gasteiger partial charge is 0.477 e. The fourth-order valence-electron chi connectivity index (χ4n) is 5.04. The summed E-state index contributed by atoms with van der Waals surface area (Å²) in [7, 11) is 3.95. The average molecular weight is 530 g/mol. The van der Waals surface area contributed by atoms with Crippen LogP contribution in [0.15, 0.2) is 6.07 Å². The second kappa shape index (κ2) is 12.4. The van der Waals surface area contributed by atoms with E-state index >= 15 is 0 Å². The minimum atomic E-state index is -1.09. The third-order valence-electron chi connectivity index (χ3n) is 7.21. The van der Waals surface area contributed by atoms with Gasteiger partial charge in [0.05, 0.1) is 10.6 Å². The summed E-state index contributed by atoms with van der Waals surface area (Å²) >= 11 is 1.09. The normalized spacial score (nSPS) is 22.8. The maximum atomic E-state index is 14.2. The molecule has 1 atom stereocenters. The Labute approximate surface area is 226 Å². The van der Waals surface area contributed by atoms with E-state index in [0.717, 1.165) is 56.4 Å². The molecule has 0 aromatic carbocycles. The Balaban J connectivity index is 2.07. The van der Waals surface area contributed by atoms with Crippen molar-refractivity contribution >= 4 is 34.8 Å². The monoisotopic (exact) mass is 529 g/mol. The van der Waals surface area contributed by atoms with Gasteiger partial charge in [0.25, 0.3) is 0 Å². The number of carboxylic acid groups (broad SMARTS) is 1. The molecule has 2 amide bonds. The van der Waals surface area contributed by atoms with Crippen molar-refractivity contribution in [1.82, 2.24) is 9.80 Å². The molecule has 1 saturated carbocycles. The third-order valence-corrected chi connectivity index (χ3v) is 8.24. The topological polar surface area (TPSA) is 81.2 Å². The zero-order valence-corrected chi connectivity index (χ0v) is 24.1. The number of aromatic carboxylic acids is 1. The Morgan fingerprint density at radius 1 is 1.14 bits per heavy atom. The van der Waals surface area contributed by atoms with Crippen LogP contribution in [-0.2, 0) is 9.59 Å². The SMILES string of the molecule is CN(C)CCN1CCCC[C@H](N(c2cc(C#CC(C)(C)C)sc2C(=O)O)C(=O)[C@H]2CC[C@H](C)CC2)C1=O. The van der Waals surface area contributed by atoms with Crippen LogP contribution < -0.4 is 4.90 Å². The summed E-state index contributed by atoms with van der Waals surface area (Å²) in [6, 6.07) is 1.02. The number of likely N-dealkylation sites (tertiary alicyclic amines) is 1. The summed E-state index contributed by atoms with van der Waals surface area (Å²) in [4.78, 5) is 46.6. The highest BCUT2D eigenvalue weighted by atomic mass is 32.1. The van der Waals surface area contributed by atoms with Gasteiger partial charge in [0.15, 0.2) is 0 Å². The summed E-state index contributed by atoms with van der Waals surface area (Å²) in [5, 5.41) is 10.1. The van der Waals surface area contributed by atoms with E-state index in [1.165, 1.54) is 0 Å². The Bertz CT molecular complexity index is 1040. The Kier molecular flexibility index (Phi) is 9.82. The van der Waals surface area contributed by atoms with Gasteiger partial charge < -0.3 is 14.9 Å². The summed E-state index contributed by atoms with van der Waals surface area (Å²) in [6.07, 6.45) is 5.69. The van der Waals surface area contributed by atoms with Gasteiger partial charge in [-0.25, -0.2) is 4.79 Å². The lowest BCUT2D eigenvalue weighted by molar-refractivity contribution is -0.135. The Morgan fingerprint density at radius 3 is 2.41 bits per heavy atom. The number of likely N-dealkylation sites (N-methyl/N-ethyl adjacent to an activating group) is 1. The first-order valence-corrected chi connectivity index (χ1v) is 14.4. The van der Waals surface area contributed by atoms with E-state index in [4.69, 9.17) is 0 Å². The molecule has 3 rings (SSSR count). The summed E-state index contributed by atoms with van der Waals surface area (Å²) < 4.78 is 0. The van der Waals surface area contributed by atoms with E-state index in [0.29, 0.717) is 36.0 Å². The van der Waals surface area contributed by atoms with E-state index in [1.54, 1.807) is 11.0 Å². The fourth-order valence-corrected chi connectivity index (χ4v) is 5.88. The van der Waals surface area contributed by atoms with Gasteiger partial charge in [0, 0.05) is 31.0 Å². The van der Waals surface area contributed by atoms with Crippen molar-refractivity contribution in [2.45, 2.75) is 78.7 Å². The van der Waals surface area contributed by atoms with Gasteiger partial charge in [0.2, 0.25) is 11.8 Å². The van der Waals surface area contributed by atoms with E-state index in [1.807, 2.05) is 44.7 Å². The number of hydrogen-bond acceptors (Lipinski definition) is 5. The smallest absolute Gasteiger partial charge is 0.348 e. The number of carbonyl (C=O) groups is 3. The quantitative estimate of drug-likeness (QED) is 0.506. The molecular formula is C29H43N3O4S.